The zero-order valence-electron chi connectivity index (χ0n) is 16.2. The highest BCUT2D eigenvalue weighted by Crippen LogP contribution is 2.33. The predicted octanol–water partition coefficient (Wildman–Crippen LogP) is 2.14. The van der Waals surface area contributed by atoms with Crippen molar-refractivity contribution >= 4 is 22.0 Å². The topological polar surface area (TPSA) is 76.2 Å². The number of rotatable bonds is 4. The van der Waals surface area contributed by atoms with Crippen LogP contribution >= 0.6 is 0 Å². The van der Waals surface area contributed by atoms with Crippen LogP contribution in [0.1, 0.15) is 5.56 Å². The number of fused-ring (bicyclic) bond motifs is 1. The van der Waals surface area contributed by atoms with E-state index in [1.165, 1.54) is 34.6 Å². The van der Waals surface area contributed by atoms with Gasteiger partial charge in [-0.05, 0) is 35.9 Å². The summed E-state index contributed by atoms with van der Waals surface area (Å²) < 4.78 is 51.2. The molecule has 2 aromatic carbocycles. The number of halogens is 1. The summed E-state index contributed by atoms with van der Waals surface area (Å²) in [6, 6.07) is 10.4. The molecule has 0 aromatic heterocycles. The van der Waals surface area contributed by atoms with Crippen molar-refractivity contribution in [2.24, 2.45) is 0 Å². The Morgan fingerprint density at radius 2 is 1.60 bits per heavy atom. The van der Waals surface area contributed by atoms with Gasteiger partial charge in [0.25, 0.3) is 0 Å². The average molecular weight is 432 g/mol. The van der Waals surface area contributed by atoms with E-state index in [2.05, 4.69) is 0 Å². The van der Waals surface area contributed by atoms with Crippen molar-refractivity contribution in [3.05, 3.63) is 59.9 Å². The van der Waals surface area contributed by atoms with Crippen LogP contribution in [0.5, 0.6) is 11.5 Å². The highest BCUT2D eigenvalue weighted by molar-refractivity contribution is 7.89. The van der Waals surface area contributed by atoms with Crippen molar-refractivity contribution in [3.63, 3.8) is 0 Å². The third-order valence-electron chi connectivity index (χ3n) is 4.99. The molecule has 0 N–H and O–H groups in total. The van der Waals surface area contributed by atoms with E-state index in [0.717, 1.165) is 0 Å². The maximum Gasteiger partial charge on any atom is 0.246 e. The van der Waals surface area contributed by atoms with E-state index in [1.54, 1.807) is 29.2 Å². The molecule has 30 heavy (non-hydrogen) atoms. The van der Waals surface area contributed by atoms with Gasteiger partial charge >= 0.3 is 0 Å². The molecule has 2 aliphatic rings. The van der Waals surface area contributed by atoms with Crippen LogP contribution in [0.15, 0.2) is 53.4 Å². The number of carbonyl (C=O) groups excluding carboxylic acids is 1. The van der Waals surface area contributed by atoms with E-state index >= 15 is 0 Å². The summed E-state index contributed by atoms with van der Waals surface area (Å²) in [5.41, 5.74) is 0.713. The molecule has 2 aliphatic heterocycles. The first-order chi connectivity index (χ1) is 14.4. The molecule has 1 saturated heterocycles. The van der Waals surface area contributed by atoms with Gasteiger partial charge < -0.3 is 14.4 Å². The predicted molar refractivity (Wildman–Crippen MR) is 108 cm³/mol. The van der Waals surface area contributed by atoms with Crippen LogP contribution in [-0.2, 0) is 14.8 Å². The fourth-order valence-corrected chi connectivity index (χ4v) is 4.77. The summed E-state index contributed by atoms with van der Waals surface area (Å²) in [6.45, 7) is 1.79. The molecule has 0 unspecified atom stereocenters. The highest BCUT2D eigenvalue weighted by atomic mass is 32.2. The molecular weight excluding hydrogens is 411 g/mol. The number of piperazine rings is 1. The van der Waals surface area contributed by atoms with E-state index in [-0.39, 0.29) is 42.8 Å². The second-order valence-corrected chi connectivity index (χ2v) is 8.86. The SMILES string of the molecule is O=C(/C=C/c1ccc(F)cc1)N1CCN(S(=O)(=O)c2ccc3c(c2)OCCO3)CC1. The zero-order valence-corrected chi connectivity index (χ0v) is 17.0. The second-order valence-electron chi connectivity index (χ2n) is 6.92. The number of hydrogen-bond donors (Lipinski definition) is 0. The largest absolute Gasteiger partial charge is 0.486 e. The van der Waals surface area contributed by atoms with Crippen LogP contribution in [0, 0.1) is 5.82 Å². The molecule has 1 fully saturated rings. The number of hydrogen-bond acceptors (Lipinski definition) is 5. The summed E-state index contributed by atoms with van der Waals surface area (Å²) in [4.78, 5) is 14.1. The lowest BCUT2D eigenvalue weighted by molar-refractivity contribution is -0.127. The fraction of sp³-hybridized carbons (Fsp3) is 0.286. The quantitative estimate of drug-likeness (QED) is 0.692. The monoisotopic (exact) mass is 432 g/mol. The third-order valence-corrected chi connectivity index (χ3v) is 6.88. The molecule has 2 heterocycles. The average Bonchev–Trinajstić information content (AvgIpc) is 2.78. The molecule has 0 saturated carbocycles. The number of carbonyl (C=O) groups is 1. The minimum absolute atomic E-state index is 0.141. The van der Waals surface area contributed by atoms with E-state index in [9.17, 15) is 17.6 Å². The zero-order chi connectivity index (χ0) is 21.1. The third kappa shape index (κ3) is 4.31. The molecule has 9 heteroatoms. The second kappa shape index (κ2) is 8.45. The number of benzene rings is 2. The minimum atomic E-state index is -3.70. The van der Waals surface area contributed by atoms with Gasteiger partial charge in [-0.3, -0.25) is 4.79 Å². The first-order valence-electron chi connectivity index (χ1n) is 9.56. The molecule has 158 valence electrons. The van der Waals surface area contributed by atoms with Gasteiger partial charge in [-0.1, -0.05) is 12.1 Å². The molecule has 0 aliphatic carbocycles. The number of ether oxygens (including phenoxy) is 2. The summed E-state index contributed by atoms with van der Waals surface area (Å²) in [6.07, 6.45) is 3.03. The fourth-order valence-electron chi connectivity index (χ4n) is 3.33. The number of sulfonamides is 1. The lowest BCUT2D eigenvalue weighted by Gasteiger charge is -2.33. The Balaban J connectivity index is 1.38. The Hall–Kier alpha value is -2.91. The van der Waals surface area contributed by atoms with Crippen LogP contribution in [0.4, 0.5) is 4.39 Å². The molecule has 0 spiro atoms. The van der Waals surface area contributed by atoms with Crippen molar-refractivity contribution in [2.75, 3.05) is 39.4 Å². The first kappa shape index (κ1) is 20.4. The molecule has 4 rings (SSSR count). The van der Waals surface area contributed by atoms with Crippen molar-refractivity contribution in [1.29, 1.82) is 0 Å². The van der Waals surface area contributed by atoms with E-state index in [1.807, 2.05) is 0 Å². The molecule has 2 aromatic rings. The Kier molecular flexibility index (Phi) is 5.74. The van der Waals surface area contributed by atoms with Crippen molar-refractivity contribution in [3.8, 4) is 11.5 Å². The Labute approximate surface area is 174 Å². The summed E-state index contributed by atoms with van der Waals surface area (Å²) in [5, 5.41) is 0. The van der Waals surface area contributed by atoms with Gasteiger partial charge in [-0.2, -0.15) is 4.31 Å². The molecule has 0 bridgehead atoms. The van der Waals surface area contributed by atoms with Gasteiger partial charge in [0.05, 0.1) is 4.90 Å². The van der Waals surface area contributed by atoms with Crippen LogP contribution in [0.3, 0.4) is 0 Å². The van der Waals surface area contributed by atoms with Crippen molar-refractivity contribution in [1.82, 2.24) is 9.21 Å². The molecule has 0 radical (unpaired) electrons. The molecular formula is C21H21FN2O5S. The van der Waals surface area contributed by atoms with Gasteiger partial charge in [-0.25, -0.2) is 12.8 Å². The minimum Gasteiger partial charge on any atom is -0.486 e. The van der Waals surface area contributed by atoms with Gasteiger partial charge in [0, 0.05) is 38.3 Å². The van der Waals surface area contributed by atoms with Crippen LogP contribution in [0.2, 0.25) is 0 Å². The standard InChI is InChI=1S/C21H21FN2O5S/c22-17-4-1-16(2-5-17)3-8-21(25)23-9-11-24(12-10-23)30(26,27)18-6-7-19-20(15-18)29-14-13-28-19/h1-8,15H,9-14H2/b8-3+. The van der Waals surface area contributed by atoms with Gasteiger partial charge in [0.1, 0.15) is 19.0 Å². The smallest absolute Gasteiger partial charge is 0.246 e. The Bertz CT molecular complexity index is 1060. The van der Waals surface area contributed by atoms with Gasteiger partial charge in [-0.15, -0.1) is 0 Å². The number of nitrogens with zero attached hydrogens (tertiary/aromatic N) is 2. The summed E-state index contributed by atoms with van der Waals surface area (Å²) >= 11 is 0. The number of amides is 1. The van der Waals surface area contributed by atoms with E-state index < -0.39 is 10.0 Å². The molecule has 0 atom stereocenters. The van der Waals surface area contributed by atoms with E-state index in [0.29, 0.717) is 30.3 Å². The lowest BCUT2D eigenvalue weighted by Crippen LogP contribution is -2.50. The first-order valence-corrected chi connectivity index (χ1v) is 11.0. The summed E-state index contributed by atoms with van der Waals surface area (Å²) in [7, 11) is -3.70. The molecule has 1 amide bonds. The normalized spacial score (nSPS) is 17.3. The maximum absolute atomic E-state index is 13.0. The lowest BCUT2D eigenvalue weighted by atomic mass is 10.2. The Morgan fingerprint density at radius 3 is 2.30 bits per heavy atom. The van der Waals surface area contributed by atoms with Gasteiger partial charge in [0.15, 0.2) is 11.5 Å². The van der Waals surface area contributed by atoms with Crippen molar-refractivity contribution in [2.45, 2.75) is 4.90 Å². The Morgan fingerprint density at radius 1 is 0.933 bits per heavy atom. The summed E-state index contributed by atoms with van der Waals surface area (Å²) in [5.74, 6) is 0.398. The van der Waals surface area contributed by atoms with Crippen molar-refractivity contribution < 1.29 is 27.1 Å². The highest BCUT2D eigenvalue weighted by Gasteiger charge is 2.30. The van der Waals surface area contributed by atoms with E-state index in [4.69, 9.17) is 9.47 Å². The van der Waals surface area contributed by atoms with Crippen LogP contribution < -0.4 is 9.47 Å². The van der Waals surface area contributed by atoms with Crippen LogP contribution in [0.25, 0.3) is 6.08 Å². The molecule has 7 nitrogen and oxygen atoms in total. The van der Waals surface area contributed by atoms with Gasteiger partial charge in [0.2, 0.25) is 15.9 Å². The maximum atomic E-state index is 13.0. The van der Waals surface area contributed by atoms with Crippen LogP contribution in [-0.4, -0.2) is 62.9 Å².